The highest BCUT2D eigenvalue weighted by molar-refractivity contribution is 7.17. The number of aromatic nitrogens is 2. The first-order chi connectivity index (χ1) is 14.6. The predicted molar refractivity (Wildman–Crippen MR) is 122 cm³/mol. The minimum atomic E-state index is -0.306. The highest BCUT2D eigenvalue weighted by atomic mass is 32.1. The molecule has 5 heteroatoms. The molecule has 2 aromatic heterocycles. The monoisotopic (exact) mass is 414 g/mol. The molecule has 0 aliphatic carbocycles. The first-order valence-electron chi connectivity index (χ1n) is 9.88. The first-order valence-corrected chi connectivity index (χ1v) is 10.8. The largest absolute Gasteiger partial charge is 0.292 e. The van der Waals surface area contributed by atoms with Gasteiger partial charge >= 0.3 is 0 Å². The van der Waals surface area contributed by atoms with E-state index in [4.69, 9.17) is 4.98 Å². The quantitative estimate of drug-likeness (QED) is 0.360. The fourth-order valence-corrected chi connectivity index (χ4v) is 4.84. The van der Waals surface area contributed by atoms with Crippen LogP contribution in [0, 0.1) is 5.82 Å². The van der Waals surface area contributed by atoms with E-state index in [1.54, 1.807) is 10.6 Å². The Morgan fingerprint density at radius 3 is 2.63 bits per heavy atom. The van der Waals surface area contributed by atoms with Gasteiger partial charge in [0.2, 0.25) is 0 Å². The van der Waals surface area contributed by atoms with Crippen LogP contribution >= 0.6 is 11.3 Å². The van der Waals surface area contributed by atoms with Crippen LogP contribution in [0.4, 0.5) is 4.39 Å². The van der Waals surface area contributed by atoms with Gasteiger partial charge in [-0.3, -0.25) is 9.36 Å². The molecule has 0 N–H and O–H groups in total. The van der Waals surface area contributed by atoms with Crippen molar-refractivity contribution in [1.82, 2.24) is 9.55 Å². The first kappa shape index (κ1) is 18.7. The summed E-state index contributed by atoms with van der Waals surface area (Å²) in [4.78, 5) is 19.1. The van der Waals surface area contributed by atoms with Crippen molar-refractivity contribution in [3.05, 3.63) is 99.7 Å². The number of thiophene rings is 1. The van der Waals surface area contributed by atoms with E-state index in [1.807, 2.05) is 36.6 Å². The SMILES string of the molecule is CCc1nc2scc(-c3ccc4ccccc4c3)c2c(=O)n1Cc1cccc(F)c1. The molecule has 30 heavy (non-hydrogen) atoms. The Morgan fingerprint density at radius 2 is 1.83 bits per heavy atom. The average Bonchev–Trinajstić information content (AvgIpc) is 3.19. The molecule has 3 nitrogen and oxygen atoms in total. The summed E-state index contributed by atoms with van der Waals surface area (Å²) >= 11 is 1.49. The number of rotatable bonds is 4. The maximum Gasteiger partial charge on any atom is 0.263 e. The van der Waals surface area contributed by atoms with E-state index < -0.39 is 0 Å². The minimum Gasteiger partial charge on any atom is -0.292 e. The smallest absolute Gasteiger partial charge is 0.263 e. The zero-order chi connectivity index (χ0) is 20.7. The summed E-state index contributed by atoms with van der Waals surface area (Å²) in [5, 5.41) is 4.93. The van der Waals surface area contributed by atoms with Crippen molar-refractivity contribution >= 4 is 32.3 Å². The van der Waals surface area contributed by atoms with Crippen molar-refractivity contribution in [1.29, 1.82) is 0 Å². The summed E-state index contributed by atoms with van der Waals surface area (Å²) in [6.45, 7) is 2.28. The number of nitrogens with zero attached hydrogens (tertiary/aromatic N) is 2. The third-order valence-electron chi connectivity index (χ3n) is 5.38. The van der Waals surface area contributed by atoms with Gasteiger partial charge in [0.15, 0.2) is 0 Å². The van der Waals surface area contributed by atoms with Crippen molar-refractivity contribution in [2.24, 2.45) is 0 Å². The number of fused-ring (bicyclic) bond motifs is 2. The van der Waals surface area contributed by atoms with E-state index in [1.165, 1.54) is 23.5 Å². The molecule has 2 heterocycles. The topological polar surface area (TPSA) is 34.9 Å². The van der Waals surface area contributed by atoms with E-state index in [-0.39, 0.29) is 11.4 Å². The third-order valence-corrected chi connectivity index (χ3v) is 6.25. The molecule has 148 valence electrons. The van der Waals surface area contributed by atoms with Crippen LogP contribution < -0.4 is 5.56 Å². The van der Waals surface area contributed by atoms with Crippen molar-refractivity contribution < 1.29 is 4.39 Å². The van der Waals surface area contributed by atoms with Gasteiger partial charge in [0, 0.05) is 17.4 Å². The normalized spacial score (nSPS) is 11.4. The molecular weight excluding hydrogens is 395 g/mol. The van der Waals surface area contributed by atoms with Crippen LogP contribution in [-0.4, -0.2) is 9.55 Å². The molecule has 0 saturated carbocycles. The van der Waals surface area contributed by atoms with Gasteiger partial charge in [-0.05, 0) is 40.1 Å². The molecule has 0 amide bonds. The van der Waals surface area contributed by atoms with Gasteiger partial charge in [0.05, 0.1) is 11.9 Å². The van der Waals surface area contributed by atoms with Gasteiger partial charge in [-0.25, -0.2) is 9.37 Å². The minimum absolute atomic E-state index is 0.0782. The molecule has 0 radical (unpaired) electrons. The molecule has 0 fully saturated rings. The second-order valence-corrected chi connectivity index (χ2v) is 8.15. The lowest BCUT2D eigenvalue weighted by Crippen LogP contribution is -2.25. The Labute approximate surface area is 177 Å². The zero-order valence-electron chi connectivity index (χ0n) is 16.4. The molecule has 3 aromatic carbocycles. The highest BCUT2D eigenvalue weighted by Crippen LogP contribution is 2.33. The second kappa shape index (κ2) is 7.50. The Balaban J connectivity index is 1.70. The number of hydrogen-bond acceptors (Lipinski definition) is 3. The summed E-state index contributed by atoms with van der Waals surface area (Å²) in [7, 11) is 0. The van der Waals surface area contributed by atoms with Crippen molar-refractivity contribution in [2.45, 2.75) is 19.9 Å². The molecule has 5 rings (SSSR count). The highest BCUT2D eigenvalue weighted by Gasteiger charge is 2.17. The van der Waals surface area contributed by atoms with E-state index in [2.05, 4.69) is 24.3 Å². The summed E-state index contributed by atoms with van der Waals surface area (Å²) in [5.41, 5.74) is 2.57. The number of halogens is 1. The van der Waals surface area contributed by atoms with Gasteiger partial charge in [0.1, 0.15) is 16.5 Å². The molecule has 0 saturated heterocycles. The van der Waals surface area contributed by atoms with Gasteiger partial charge in [-0.2, -0.15) is 0 Å². The maximum atomic E-state index is 13.7. The Kier molecular flexibility index (Phi) is 4.68. The van der Waals surface area contributed by atoms with Crippen LogP contribution in [0.25, 0.3) is 32.1 Å². The van der Waals surface area contributed by atoms with Crippen LogP contribution in [0.3, 0.4) is 0 Å². The Morgan fingerprint density at radius 1 is 1.00 bits per heavy atom. The summed E-state index contributed by atoms with van der Waals surface area (Å²) < 4.78 is 15.3. The predicted octanol–water partition coefficient (Wildman–Crippen LogP) is 6.03. The lowest BCUT2D eigenvalue weighted by Gasteiger charge is -2.12. The molecule has 0 bridgehead atoms. The summed E-state index contributed by atoms with van der Waals surface area (Å²) in [5.74, 6) is 0.406. The van der Waals surface area contributed by atoms with Crippen molar-refractivity contribution in [2.75, 3.05) is 0 Å². The molecule has 0 unspecified atom stereocenters. The number of benzene rings is 3. The molecule has 0 spiro atoms. The van der Waals surface area contributed by atoms with Crippen molar-refractivity contribution in [3.8, 4) is 11.1 Å². The van der Waals surface area contributed by atoms with Gasteiger partial charge < -0.3 is 0 Å². The van der Waals surface area contributed by atoms with E-state index >= 15 is 0 Å². The van der Waals surface area contributed by atoms with E-state index in [9.17, 15) is 9.18 Å². The molecular formula is C25H19FN2OS. The lowest BCUT2D eigenvalue weighted by atomic mass is 10.0. The van der Waals surface area contributed by atoms with Gasteiger partial charge in [-0.15, -0.1) is 11.3 Å². The summed E-state index contributed by atoms with van der Waals surface area (Å²) in [6.07, 6.45) is 0.629. The Bertz CT molecular complexity index is 1450. The molecule has 0 aliphatic heterocycles. The standard InChI is InChI=1S/C25H19FN2OS/c1-2-22-27-24-23(25(29)28(22)14-16-6-5-9-20(26)12-16)21(15-30-24)19-11-10-17-7-3-4-8-18(17)13-19/h3-13,15H,2,14H2,1H3. The van der Waals surface area contributed by atoms with Crippen LogP contribution in [0.15, 0.2) is 76.9 Å². The van der Waals surface area contributed by atoms with E-state index in [0.29, 0.717) is 24.2 Å². The van der Waals surface area contributed by atoms with Crippen LogP contribution in [0.5, 0.6) is 0 Å². The van der Waals surface area contributed by atoms with Gasteiger partial charge in [-0.1, -0.05) is 55.5 Å². The maximum absolute atomic E-state index is 13.7. The molecule has 5 aromatic rings. The van der Waals surface area contributed by atoms with Crippen molar-refractivity contribution in [3.63, 3.8) is 0 Å². The van der Waals surface area contributed by atoms with Crippen LogP contribution in [0.2, 0.25) is 0 Å². The van der Waals surface area contributed by atoms with Gasteiger partial charge in [0.25, 0.3) is 5.56 Å². The average molecular weight is 415 g/mol. The number of aryl methyl sites for hydroxylation is 1. The molecule has 0 atom stereocenters. The van der Waals surface area contributed by atoms with Crippen LogP contribution in [-0.2, 0) is 13.0 Å². The third kappa shape index (κ3) is 3.21. The fraction of sp³-hybridized carbons (Fsp3) is 0.120. The summed E-state index contributed by atoms with van der Waals surface area (Å²) in [6, 6.07) is 20.8. The van der Waals surface area contributed by atoms with Crippen LogP contribution in [0.1, 0.15) is 18.3 Å². The second-order valence-electron chi connectivity index (χ2n) is 7.29. The molecule has 0 aliphatic rings. The zero-order valence-corrected chi connectivity index (χ0v) is 17.2. The fourth-order valence-electron chi connectivity index (χ4n) is 3.89. The number of hydrogen-bond donors (Lipinski definition) is 0. The Hall–Kier alpha value is -3.31. The lowest BCUT2D eigenvalue weighted by molar-refractivity contribution is 0.620. The van der Waals surface area contributed by atoms with E-state index in [0.717, 1.165) is 32.3 Å².